The zero-order valence-corrected chi connectivity index (χ0v) is 14.9. The Morgan fingerprint density at radius 3 is 2.58 bits per heavy atom. The van der Waals surface area contributed by atoms with Crippen LogP contribution in [-0.4, -0.2) is 63.3 Å². The number of hydrogen-bond acceptors (Lipinski definition) is 6. The molecule has 1 aromatic rings. The molecule has 1 N–H and O–H groups in total. The monoisotopic (exact) mass is 356 g/mol. The smallest absolute Gasteiger partial charge is 0.410 e. The standard InChI is InChI=1S/C15H21ClN4O4/c1-9-7-17-13(18-11(9)16)20-6-5-19(8-10(20)12(21)22)14(23)24-15(2,3)4/h7,10H,5-6,8H2,1-4H3,(H,21,22)/t10-/m0/s1. The molecule has 1 aliphatic heterocycles. The largest absolute Gasteiger partial charge is 0.480 e. The molecule has 0 bridgehead atoms. The molecule has 9 heteroatoms. The summed E-state index contributed by atoms with van der Waals surface area (Å²) >= 11 is 6.00. The number of ether oxygens (including phenoxy) is 1. The molecular weight excluding hydrogens is 336 g/mol. The van der Waals surface area contributed by atoms with Crippen LogP contribution >= 0.6 is 11.6 Å². The lowest BCUT2D eigenvalue weighted by atomic mass is 10.1. The number of amides is 1. The van der Waals surface area contributed by atoms with Crippen molar-refractivity contribution in [1.29, 1.82) is 0 Å². The van der Waals surface area contributed by atoms with Gasteiger partial charge in [0.05, 0.1) is 6.54 Å². The molecule has 24 heavy (non-hydrogen) atoms. The third kappa shape index (κ3) is 4.25. The van der Waals surface area contributed by atoms with Gasteiger partial charge in [-0.15, -0.1) is 0 Å². The summed E-state index contributed by atoms with van der Waals surface area (Å²) in [5.74, 6) is -0.828. The second kappa shape index (κ2) is 6.80. The molecule has 1 saturated heterocycles. The Morgan fingerprint density at radius 1 is 1.38 bits per heavy atom. The van der Waals surface area contributed by atoms with E-state index in [9.17, 15) is 14.7 Å². The summed E-state index contributed by atoms with van der Waals surface area (Å²) in [5.41, 5.74) is 0.0697. The van der Waals surface area contributed by atoms with Crippen molar-refractivity contribution in [2.45, 2.75) is 39.3 Å². The number of aryl methyl sites for hydroxylation is 1. The van der Waals surface area contributed by atoms with Crippen LogP contribution in [0.2, 0.25) is 5.15 Å². The Labute approximate surface area is 145 Å². The van der Waals surface area contributed by atoms with Crippen molar-refractivity contribution < 1.29 is 19.4 Å². The molecule has 1 aliphatic rings. The molecule has 1 aromatic heterocycles. The first-order valence-corrected chi connectivity index (χ1v) is 7.93. The first-order chi connectivity index (χ1) is 11.1. The quantitative estimate of drug-likeness (QED) is 0.809. The zero-order chi connectivity index (χ0) is 18.1. The van der Waals surface area contributed by atoms with Crippen LogP contribution in [0.3, 0.4) is 0 Å². The highest BCUT2D eigenvalue weighted by molar-refractivity contribution is 6.30. The lowest BCUT2D eigenvalue weighted by molar-refractivity contribution is -0.139. The molecule has 1 fully saturated rings. The van der Waals surface area contributed by atoms with Crippen molar-refractivity contribution in [3.8, 4) is 0 Å². The summed E-state index contributed by atoms with van der Waals surface area (Å²) < 4.78 is 5.30. The molecule has 0 saturated carbocycles. The maximum absolute atomic E-state index is 12.2. The van der Waals surface area contributed by atoms with Crippen molar-refractivity contribution in [3.63, 3.8) is 0 Å². The normalized spacial score (nSPS) is 18.5. The van der Waals surface area contributed by atoms with Crippen molar-refractivity contribution in [3.05, 3.63) is 16.9 Å². The predicted molar refractivity (Wildman–Crippen MR) is 88.4 cm³/mol. The average Bonchev–Trinajstić information content (AvgIpc) is 2.47. The molecule has 8 nitrogen and oxygen atoms in total. The lowest BCUT2D eigenvalue weighted by Gasteiger charge is -2.39. The average molecular weight is 357 g/mol. The number of carboxylic acid groups (broad SMARTS) is 1. The second-order valence-corrected chi connectivity index (χ2v) is 6.98. The molecule has 0 unspecified atom stereocenters. The number of halogens is 1. The van der Waals surface area contributed by atoms with E-state index < -0.39 is 23.7 Å². The number of aromatic nitrogens is 2. The molecule has 1 amide bonds. The molecule has 0 aliphatic carbocycles. The van der Waals surface area contributed by atoms with Crippen molar-refractivity contribution in [1.82, 2.24) is 14.9 Å². The van der Waals surface area contributed by atoms with Crippen molar-refractivity contribution >= 4 is 29.6 Å². The first-order valence-electron chi connectivity index (χ1n) is 7.55. The van der Waals surface area contributed by atoms with Gasteiger partial charge in [-0.1, -0.05) is 11.6 Å². The number of piperazine rings is 1. The minimum atomic E-state index is -1.07. The summed E-state index contributed by atoms with van der Waals surface area (Å²) in [6.45, 7) is 7.62. The van der Waals surface area contributed by atoms with Gasteiger partial charge in [0.1, 0.15) is 16.8 Å². The Bertz CT molecular complexity index is 647. The summed E-state index contributed by atoms with van der Waals surface area (Å²) in [7, 11) is 0. The minimum Gasteiger partial charge on any atom is -0.480 e. The third-order valence-electron chi connectivity index (χ3n) is 3.47. The Morgan fingerprint density at radius 2 is 2.04 bits per heavy atom. The molecule has 0 spiro atoms. The summed E-state index contributed by atoms with van der Waals surface area (Å²) in [5, 5.41) is 9.79. The maximum Gasteiger partial charge on any atom is 0.410 e. The van der Waals surface area contributed by atoms with Crippen LogP contribution in [0.5, 0.6) is 0 Å². The Balaban J connectivity index is 2.18. The maximum atomic E-state index is 12.2. The third-order valence-corrected chi connectivity index (χ3v) is 3.85. The van der Waals surface area contributed by atoms with Gasteiger partial charge in [-0.05, 0) is 27.7 Å². The fourth-order valence-corrected chi connectivity index (χ4v) is 2.40. The number of carbonyl (C=O) groups is 2. The molecule has 2 heterocycles. The summed E-state index contributed by atoms with van der Waals surface area (Å²) in [4.78, 5) is 35.0. The van der Waals surface area contributed by atoms with Crippen LogP contribution in [0.1, 0.15) is 26.3 Å². The Hall–Kier alpha value is -2.09. The van der Waals surface area contributed by atoms with Crippen LogP contribution in [0.25, 0.3) is 0 Å². The van der Waals surface area contributed by atoms with Gasteiger partial charge in [0.15, 0.2) is 0 Å². The molecule has 132 valence electrons. The van der Waals surface area contributed by atoms with E-state index in [-0.39, 0.29) is 24.2 Å². The van der Waals surface area contributed by atoms with E-state index in [2.05, 4.69) is 9.97 Å². The van der Waals surface area contributed by atoms with E-state index in [0.29, 0.717) is 12.1 Å². The molecule has 0 radical (unpaired) electrons. The van der Waals surface area contributed by atoms with Gasteiger partial charge in [0.2, 0.25) is 5.95 Å². The Kier molecular flexibility index (Phi) is 5.17. The summed E-state index contributed by atoms with van der Waals surface area (Å²) in [6.07, 6.45) is 1.01. The fourth-order valence-electron chi connectivity index (χ4n) is 2.28. The van der Waals surface area contributed by atoms with E-state index >= 15 is 0 Å². The highest BCUT2D eigenvalue weighted by Crippen LogP contribution is 2.21. The van der Waals surface area contributed by atoms with E-state index in [1.807, 2.05) is 0 Å². The predicted octanol–water partition coefficient (Wildman–Crippen LogP) is 1.95. The van der Waals surface area contributed by atoms with Gasteiger partial charge in [0, 0.05) is 24.8 Å². The van der Waals surface area contributed by atoms with E-state index in [4.69, 9.17) is 16.3 Å². The van der Waals surface area contributed by atoms with E-state index in [1.54, 1.807) is 33.9 Å². The van der Waals surface area contributed by atoms with Crippen LogP contribution in [0.15, 0.2) is 6.20 Å². The van der Waals surface area contributed by atoms with Crippen molar-refractivity contribution in [2.75, 3.05) is 24.5 Å². The van der Waals surface area contributed by atoms with E-state index in [1.165, 1.54) is 9.80 Å². The zero-order valence-electron chi connectivity index (χ0n) is 14.1. The highest BCUT2D eigenvalue weighted by atomic mass is 35.5. The molecule has 0 aromatic carbocycles. The van der Waals surface area contributed by atoms with Crippen LogP contribution < -0.4 is 4.90 Å². The van der Waals surface area contributed by atoms with Gasteiger partial charge in [-0.3, -0.25) is 0 Å². The fraction of sp³-hybridized carbons (Fsp3) is 0.600. The lowest BCUT2D eigenvalue weighted by Crippen LogP contribution is -2.59. The molecular formula is C15H21ClN4O4. The summed E-state index contributed by atoms with van der Waals surface area (Å²) in [6, 6.07) is -0.968. The number of rotatable bonds is 2. The highest BCUT2D eigenvalue weighted by Gasteiger charge is 2.37. The van der Waals surface area contributed by atoms with Crippen LogP contribution in [0, 0.1) is 6.92 Å². The number of hydrogen-bond donors (Lipinski definition) is 1. The topological polar surface area (TPSA) is 95.9 Å². The number of aliphatic carboxylic acids is 1. The number of carboxylic acids is 1. The van der Waals surface area contributed by atoms with Gasteiger partial charge in [-0.25, -0.2) is 19.6 Å². The minimum absolute atomic E-state index is 0.0148. The number of anilines is 1. The van der Waals surface area contributed by atoms with Gasteiger partial charge < -0.3 is 19.6 Å². The number of nitrogens with zero attached hydrogens (tertiary/aromatic N) is 4. The second-order valence-electron chi connectivity index (χ2n) is 6.62. The van der Waals surface area contributed by atoms with Crippen LogP contribution in [0.4, 0.5) is 10.7 Å². The van der Waals surface area contributed by atoms with Gasteiger partial charge >= 0.3 is 12.1 Å². The molecule has 1 atom stereocenters. The van der Waals surface area contributed by atoms with E-state index in [0.717, 1.165) is 0 Å². The molecule has 2 rings (SSSR count). The van der Waals surface area contributed by atoms with Gasteiger partial charge in [0.25, 0.3) is 0 Å². The van der Waals surface area contributed by atoms with Crippen LogP contribution in [-0.2, 0) is 9.53 Å². The van der Waals surface area contributed by atoms with Crippen molar-refractivity contribution in [2.24, 2.45) is 0 Å². The number of carbonyl (C=O) groups excluding carboxylic acids is 1. The van der Waals surface area contributed by atoms with Gasteiger partial charge in [-0.2, -0.15) is 0 Å². The first kappa shape index (κ1) is 18.3. The SMILES string of the molecule is Cc1cnc(N2CCN(C(=O)OC(C)(C)C)C[C@H]2C(=O)O)nc1Cl.